The van der Waals surface area contributed by atoms with Crippen molar-refractivity contribution in [3.8, 4) is 11.4 Å². The van der Waals surface area contributed by atoms with Crippen LogP contribution in [0.3, 0.4) is 0 Å². The summed E-state index contributed by atoms with van der Waals surface area (Å²) in [6, 6.07) is 17.3. The minimum absolute atomic E-state index is 0.0274. The predicted octanol–water partition coefficient (Wildman–Crippen LogP) is 3.73. The van der Waals surface area contributed by atoms with Gasteiger partial charge in [0.05, 0.1) is 23.9 Å². The molecule has 2 N–H and O–H groups in total. The Morgan fingerprint density at radius 1 is 1.13 bits per heavy atom. The maximum atomic E-state index is 9.70. The minimum Gasteiger partial charge on any atom is -0.508 e. The third-order valence-corrected chi connectivity index (χ3v) is 6.19. The second kappa shape index (κ2) is 8.08. The van der Waals surface area contributed by atoms with Crippen LogP contribution in [0.4, 0.5) is 0 Å². The molecule has 4 heterocycles. The van der Waals surface area contributed by atoms with Gasteiger partial charge in [0.2, 0.25) is 0 Å². The zero-order valence-corrected chi connectivity index (χ0v) is 17.3. The quantitative estimate of drug-likeness (QED) is 0.614. The van der Waals surface area contributed by atoms with Crippen LogP contribution in [0.2, 0.25) is 0 Å². The number of aromatic nitrogens is 2. The molecule has 2 fully saturated rings. The van der Waals surface area contributed by atoms with Crippen molar-refractivity contribution in [1.29, 1.82) is 0 Å². The lowest BCUT2D eigenvalue weighted by Crippen LogP contribution is -2.36. The third kappa shape index (κ3) is 3.55. The Morgan fingerprint density at radius 2 is 2.00 bits per heavy atom. The fraction of sp³-hybridized carbons (Fsp3) is 0.304. The summed E-state index contributed by atoms with van der Waals surface area (Å²) < 4.78 is 8.07. The first-order valence-electron chi connectivity index (χ1n) is 10.3. The van der Waals surface area contributed by atoms with Gasteiger partial charge in [0.25, 0.3) is 0 Å². The van der Waals surface area contributed by atoms with Gasteiger partial charge < -0.3 is 24.6 Å². The number of hydrogen-bond acceptors (Lipinski definition) is 4. The van der Waals surface area contributed by atoms with Crippen LogP contribution in [0.1, 0.15) is 36.3 Å². The summed E-state index contributed by atoms with van der Waals surface area (Å²) in [6.07, 6.45) is 6.20. The number of nitrogens with one attached hydrogen (secondary N) is 1. The third-order valence-electron chi connectivity index (χ3n) is 5.83. The molecule has 0 amide bonds. The maximum absolute atomic E-state index is 9.70. The Kier molecular flexibility index (Phi) is 5.14. The number of nitrogens with zero attached hydrogens (tertiary/aromatic N) is 3. The first kappa shape index (κ1) is 19.1. The molecule has 0 aliphatic carbocycles. The zero-order valence-electron chi connectivity index (χ0n) is 16.5. The van der Waals surface area contributed by atoms with E-state index in [4.69, 9.17) is 17.0 Å². The summed E-state index contributed by atoms with van der Waals surface area (Å²) in [7, 11) is 0. The van der Waals surface area contributed by atoms with Gasteiger partial charge in [-0.2, -0.15) is 0 Å². The number of aromatic hydroxyl groups is 1. The summed E-state index contributed by atoms with van der Waals surface area (Å²) in [5.41, 5.74) is 3.06. The van der Waals surface area contributed by atoms with Crippen LogP contribution >= 0.6 is 12.2 Å². The average Bonchev–Trinajstić information content (AvgIpc) is 3.51. The largest absolute Gasteiger partial charge is 0.508 e. The van der Waals surface area contributed by atoms with Crippen molar-refractivity contribution in [2.45, 2.75) is 31.0 Å². The Balaban J connectivity index is 1.56. The average molecular weight is 421 g/mol. The highest BCUT2D eigenvalue weighted by Crippen LogP contribution is 2.40. The number of thiocarbonyl (C=S) groups is 1. The van der Waals surface area contributed by atoms with Gasteiger partial charge in [0, 0.05) is 36.9 Å². The SMILES string of the molecule is Oc1ccc(-n2cccc2[C@@H]2[C@H](c3ccccn3)NC(=S)N2C[C@H]2CCCO2)cc1. The van der Waals surface area contributed by atoms with E-state index < -0.39 is 0 Å². The maximum Gasteiger partial charge on any atom is 0.170 e. The topological polar surface area (TPSA) is 62.5 Å². The number of pyridine rings is 1. The fourth-order valence-electron chi connectivity index (χ4n) is 4.41. The van der Waals surface area contributed by atoms with Gasteiger partial charge in [-0.25, -0.2) is 0 Å². The molecular weight excluding hydrogens is 396 g/mol. The molecule has 2 aliphatic heterocycles. The molecule has 0 spiro atoms. The Morgan fingerprint density at radius 3 is 2.73 bits per heavy atom. The first-order chi connectivity index (χ1) is 14.7. The van der Waals surface area contributed by atoms with Gasteiger partial charge in [-0.05, 0) is 73.6 Å². The van der Waals surface area contributed by atoms with E-state index in [1.165, 1.54) is 0 Å². The lowest BCUT2D eigenvalue weighted by molar-refractivity contribution is 0.0836. The van der Waals surface area contributed by atoms with Crippen molar-refractivity contribution < 1.29 is 9.84 Å². The van der Waals surface area contributed by atoms with E-state index >= 15 is 0 Å². The number of phenolic OH excluding ortho intramolecular Hbond substituents is 1. The van der Waals surface area contributed by atoms with Crippen LogP contribution < -0.4 is 5.32 Å². The summed E-state index contributed by atoms with van der Waals surface area (Å²) >= 11 is 5.77. The van der Waals surface area contributed by atoms with Crippen molar-refractivity contribution in [2.75, 3.05) is 13.2 Å². The summed E-state index contributed by atoms with van der Waals surface area (Å²) in [6.45, 7) is 1.57. The van der Waals surface area contributed by atoms with Gasteiger partial charge >= 0.3 is 0 Å². The number of phenols is 1. The van der Waals surface area contributed by atoms with E-state index in [2.05, 4.69) is 25.8 Å². The molecule has 0 saturated carbocycles. The van der Waals surface area contributed by atoms with Crippen molar-refractivity contribution >= 4 is 17.3 Å². The van der Waals surface area contributed by atoms with Crippen LogP contribution in [0.15, 0.2) is 67.0 Å². The normalized spacial score (nSPS) is 23.7. The molecule has 1 aromatic carbocycles. The molecule has 2 saturated heterocycles. The second-order valence-electron chi connectivity index (χ2n) is 7.73. The number of ether oxygens (including phenoxy) is 1. The van der Waals surface area contributed by atoms with Crippen LogP contribution in [-0.4, -0.2) is 43.9 Å². The Labute approximate surface area is 181 Å². The highest BCUT2D eigenvalue weighted by molar-refractivity contribution is 7.80. The van der Waals surface area contributed by atoms with Gasteiger partial charge in [0.1, 0.15) is 5.75 Å². The molecule has 3 atom stereocenters. The molecule has 2 aliphatic rings. The Hall–Kier alpha value is -2.90. The van der Waals surface area contributed by atoms with Crippen molar-refractivity contribution in [2.24, 2.45) is 0 Å². The van der Waals surface area contributed by atoms with Crippen LogP contribution in [-0.2, 0) is 4.74 Å². The summed E-state index contributed by atoms with van der Waals surface area (Å²) in [5.74, 6) is 0.252. The van der Waals surface area contributed by atoms with Crippen LogP contribution in [0.25, 0.3) is 5.69 Å². The highest BCUT2D eigenvalue weighted by Gasteiger charge is 2.42. The molecule has 154 valence electrons. The van der Waals surface area contributed by atoms with E-state index in [9.17, 15) is 5.11 Å². The Bertz CT molecular complexity index is 1020. The van der Waals surface area contributed by atoms with E-state index in [1.54, 1.807) is 12.1 Å². The van der Waals surface area contributed by atoms with E-state index in [0.717, 1.165) is 48.2 Å². The van der Waals surface area contributed by atoms with E-state index in [0.29, 0.717) is 0 Å². The van der Waals surface area contributed by atoms with Gasteiger partial charge in [0.15, 0.2) is 5.11 Å². The monoisotopic (exact) mass is 420 g/mol. The molecule has 7 heteroatoms. The minimum atomic E-state index is -0.0640. The smallest absolute Gasteiger partial charge is 0.170 e. The predicted molar refractivity (Wildman–Crippen MR) is 119 cm³/mol. The van der Waals surface area contributed by atoms with Crippen molar-refractivity contribution in [3.63, 3.8) is 0 Å². The molecular formula is C23H24N4O2S. The number of rotatable bonds is 5. The second-order valence-corrected chi connectivity index (χ2v) is 8.12. The lowest BCUT2D eigenvalue weighted by atomic mass is 10.0. The molecule has 0 unspecified atom stereocenters. The van der Waals surface area contributed by atoms with Gasteiger partial charge in [-0.15, -0.1) is 0 Å². The number of hydrogen-bond donors (Lipinski definition) is 2. The standard InChI is InChI=1S/C23H24N4O2S/c28-17-10-8-16(9-11-17)26-13-3-7-20(26)22-21(19-6-1-2-12-24-19)25-23(30)27(22)15-18-5-4-14-29-18/h1-3,6-13,18,21-22,28H,4-5,14-15H2,(H,25,30)/t18-,21+,22-/m1/s1. The molecule has 0 bridgehead atoms. The molecule has 30 heavy (non-hydrogen) atoms. The van der Waals surface area contributed by atoms with Crippen LogP contribution in [0, 0.1) is 0 Å². The van der Waals surface area contributed by atoms with Crippen LogP contribution in [0.5, 0.6) is 5.75 Å². The highest BCUT2D eigenvalue weighted by atomic mass is 32.1. The summed E-state index contributed by atoms with van der Waals surface area (Å²) in [4.78, 5) is 6.86. The van der Waals surface area contributed by atoms with Gasteiger partial charge in [-0.3, -0.25) is 4.98 Å². The molecule has 0 radical (unpaired) electrons. The summed E-state index contributed by atoms with van der Waals surface area (Å²) in [5, 5.41) is 13.9. The van der Waals surface area contributed by atoms with E-state index in [-0.39, 0.29) is 23.9 Å². The molecule has 6 nitrogen and oxygen atoms in total. The molecule has 3 aromatic rings. The number of benzene rings is 1. The molecule has 5 rings (SSSR count). The van der Waals surface area contributed by atoms with Gasteiger partial charge in [-0.1, -0.05) is 6.07 Å². The van der Waals surface area contributed by atoms with Crippen molar-refractivity contribution in [1.82, 2.24) is 19.8 Å². The fourth-order valence-corrected chi connectivity index (χ4v) is 4.73. The van der Waals surface area contributed by atoms with E-state index in [1.807, 2.05) is 48.8 Å². The zero-order chi connectivity index (χ0) is 20.5. The molecule has 2 aromatic heterocycles. The first-order valence-corrected chi connectivity index (χ1v) is 10.7. The lowest BCUT2D eigenvalue weighted by Gasteiger charge is -2.30. The van der Waals surface area contributed by atoms with Crippen molar-refractivity contribution in [3.05, 3.63) is 78.4 Å².